The molecular weight excluding hydrogens is 521 g/mol. The van der Waals surface area contributed by atoms with Gasteiger partial charge in [0.25, 0.3) is 0 Å². The van der Waals surface area contributed by atoms with E-state index in [0.29, 0.717) is 17.5 Å². The standard InChI is InChI=1S/C28H24FN5O6/c1-15-30-25(33-40-15)17-10-8-16(9-11-17)12-20(19-13-23(38-2)24(39-3)14-21(19)29)26-31-28(37)34(32-26)22-7-5-4-6-18(22)27(35)36/h4-11,13-14,20H,12H2,1-3H3,(H,35,36)(H,31,32,37). The first-order chi connectivity index (χ1) is 19.3. The van der Waals surface area contributed by atoms with Crippen LogP contribution in [0.4, 0.5) is 4.39 Å². The minimum atomic E-state index is -1.22. The van der Waals surface area contributed by atoms with Crippen molar-refractivity contribution < 1.29 is 28.3 Å². The van der Waals surface area contributed by atoms with Crippen LogP contribution >= 0.6 is 0 Å². The number of aryl methyl sites for hydroxylation is 1. The maximum Gasteiger partial charge on any atom is 0.348 e. The number of rotatable bonds is 9. The van der Waals surface area contributed by atoms with Crippen LogP contribution in [0.5, 0.6) is 11.5 Å². The number of aromatic carboxylic acids is 1. The van der Waals surface area contributed by atoms with Gasteiger partial charge in [0, 0.05) is 24.1 Å². The van der Waals surface area contributed by atoms with Crippen molar-refractivity contribution in [3.8, 4) is 28.6 Å². The molecule has 0 aliphatic heterocycles. The zero-order valence-corrected chi connectivity index (χ0v) is 21.7. The summed E-state index contributed by atoms with van der Waals surface area (Å²) < 4.78 is 32.2. The third-order valence-electron chi connectivity index (χ3n) is 6.39. The fourth-order valence-electron chi connectivity index (χ4n) is 4.43. The van der Waals surface area contributed by atoms with Gasteiger partial charge < -0.3 is 19.1 Å². The number of methoxy groups -OCH3 is 2. The molecule has 5 rings (SSSR count). The van der Waals surface area contributed by atoms with Gasteiger partial charge in [0.1, 0.15) is 11.6 Å². The lowest BCUT2D eigenvalue weighted by molar-refractivity contribution is 0.0696. The number of aromatic amines is 1. The topological polar surface area (TPSA) is 145 Å². The number of carboxylic acids is 1. The average molecular weight is 546 g/mol. The first-order valence-corrected chi connectivity index (χ1v) is 12.1. The van der Waals surface area contributed by atoms with Crippen LogP contribution in [-0.4, -0.2) is 50.2 Å². The Morgan fingerprint density at radius 1 is 1.10 bits per heavy atom. The Labute approximate surface area is 226 Å². The van der Waals surface area contributed by atoms with Crippen LogP contribution in [-0.2, 0) is 6.42 Å². The highest BCUT2D eigenvalue weighted by Crippen LogP contribution is 2.36. The summed E-state index contributed by atoms with van der Waals surface area (Å²) in [4.78, 5) is 31.7. The Morgan fingerprint density at radius 3 is 2.45 bits per heavy atom. The van der Waals surface area contributed by atoms with Crippen molar-refractivity contribution in [2.24, 2.45) is 0 Å². The fraction of sp³-hybridized carbons (Fsp3) is 0.179. The van der Waals surface area contributed by atoms with E-state index in [2.05, 4.69) is 20.2 Å². The van der Waals surface area contributed by atoms with Gasteiger partial charge in [-0.15, -0.1) is 5.10 Å². The molecule has 12 heteroatoms. The Morgan fingerprint density at radius 2 is 1.80 bits per heavy atom. The number of H-pyrrole nitrogens is 1. The van der Waals surface area contributed by atoms with Crippen molar-refractivity contribution in [3.05, 3.63) is 105 Å². The summed E-state index contributed by atoms with van der Waals surface area (Å²) in [5.41, 5.74) is 1.03. The van der Waals surface area contributed by atoms with Gasteiger partial charge in [-0.2, -0.15) is 9.67 Å². The molecule has 5 aromatic rings. The Bertz CT molecular complexity index is 1740. The molecule has 0 fully saturated rings. The summed E-state index contributed by atoms with van der Waals surface area (Å²) in [6.07, 6.45) is 0.228. The molecule has 0 aliphatic carbocycles. The van der Waals surface area contributed by atoms with E-state index in [9.17, 15) is 14.7 Å². The zero-order valence-electron chi connectivity index (χ0n) is 21.7. The molecule has 0 amide bonds. The van der Waals surface area contributed by atoms with E-state index in [-0.39, 0.29) is 34.8 Å². The van der Waals surface area contributed by atoms with Gasteiger partial charge in [-0.25, -0.2) is 14.0 Å². The van der Waals surface area contributed by atoms with Crippen LogP contribution in [0.2, 0.25) is 0 Å². The highest BCUT2D eigenvalue weighted by atomic mass is 19.1. The van der Waals surface area contributed by atoms with Gasteiger partial charge in [-0.3, -0.25) is 4.98 Å². The minimum Gasteiger partial charge on any atom is -0.493 e. The Balaban J connectivity index is 1.60. The monoisotopic (exact) mass is 545 g/mol. The maximum atomic E-state index is 15.5. The summed E-state index contributed by atoms with van der Waals surface area (Å²) in [7, 11) is 2.84. The fourth-order valence-corrected chi connectivity index (χ4v) is 4.43. The van der Waals surface area contributed by atoms with E-state index in [1.54, 1.807) is 19.1 Å². The van der Waals surface area contributed by atoms with Crippen LogP contribution in [0, 0.1) is 12.7 Å². The molecule has 0 saturated carbocycles. The molecular formula is C28H24FN5O6. The molecule has 204 valence electrons. The first kappa shape index (κ1) is 26.4. The quantitative estimate of drug-likeness (QED) is 0.279. The van der Waals surface area contributed by atoms with Crippen LogP contribution in [0.15, 0.2) is 70.0 Å². The van der Waals surface area contributed by atoms with E-state index in [1.807, 2.05) is 24.3 Å². The van der Waals surface area contributed by atoms with E-state index in [1.165, 1.54) is 38.5 Å². The number of para-hydroxylation sites is 1. The van der Waals surface area contributed by atoms with Crippen molar-refractivity contribution in [3.63, 3.8) is 0 Å². The third-order valence-corrected chi connectivity index (χ3v) is 6.39. The van der Waals surface area contributed by atoms with Crippen molar-refractivity contribution >= 4 is 5.97 Å². The van der Waals surface area contributed by atoms with Crippen LogP contribution < -0.4 is 15.2 Å². The number of ether oxygens (including phenoxy) is 2. The molecule has 2 aromatic heterocycles. The number of benzene rings is 3. The van der Waals surface area contributed by atoms with Gasteiger partial charge >= 0.3 is 11.7 Å². The van der Waals surface area contributed by atoms with Gasteiger partial charge in [0.15, 0.2) is 11.5 Å². The second kappa shape index (κ2) is 10.8. The van der Waals surface area contributed by atoms with Crippen molar-refractivity contribution in [2.75, 3.05) is 14.2 Å². The number of nitrogens with one attached hydrogen (secondary N) is 1. The second-order valence-electron chi connectivity index (χ2n) is 8.87. The molecule has 2 heterocycles. The molecule has 1 atom stereocenters. The molecule has 2 N–H and O–H groups in total. The number of hydrogen-bond acceptors (Lipinski definition) is 8. The SMILES string of the molecule is COc1cc(F)c(C(Cc2ccc(-c3noc(C)n3)cc2)c2nn(-c3ccccc3C(=O)O)c(=O)[nH]2)cc1OC. The Kier molecular flexibility index (Phi) is 7.15. The molecule has 11 nitrogen and oxygen atoms in total. The summed E-state index contributed by atoms with van der Waals surface area (Å²) >= 11 is 0. The number of carboxylic acid groups (broad SMARTS) is 1. The molecule has 0 aliphatic rings. The van der Waals surface area contributed by atoms with Gasteiger partial charge in [-0.1, -0.05) is 41.6 Å². The number of nitrogens with zero attached hydrogens (tertiary/aromatic N) is 4. The smallest absolute Gasteiger partial charge is 0.348 e. The van der Waals surface area contributed by atoms with Crippen LogP contribution in [0.1, 0.15) is 39.1 Å². The van der Waals surface area contributed by atoms with E-state index >= 15 is 4.39 Å². The third kappa shape index (κ3) is 5.06. The Hall–Kier alpha value is -5.26. The average Bonchev–Trinajstić information content (AvgIpc) is 3.57. The van der Waals surface area contributed by atoms with Crippen LogP contribution in [0.25, 0.3) is 17.1 Å². The highest BCUT2D eigenvalue weighted by Gasteiger charge is 2.26. The molecule has 40 heavy (non-hydrogen) atoms. The minimum absolute atomic E-state index is 0.0776. The van der Waals surface area contributed by atoms with Gasteiger partial charge in [-0.05, 0) is 30.2 Å². The second-order valence-corrected chi connectivity index (χ2v) is 8.87. The lowest BCUT2D eigenvalue weighted by Crippen LogP contribution is -2.18. The van der Waals surface area contributed by atoms with E-state index in [0.717, 1.165) is 15.8 Å². The lowest BCUT2D eigenvalue weighted by atomic mass is 9.90. The molecule has 1 unspecified atom stereocenters. The van der Waals surface area contributed by atoms with Crippen LogP contribution in [0.3, 0.4) is 0 Å². The number of carbonyl (C=O) groups is 1. The summed E-state index contributed by atoms with van der Waals surface area (Å²) in [5, 5.41) is 18.0. The summed E-state index contributed by atoms with van der Waals surface area (Å²) in [6.45, 7) is 1.70. The number of hydrogen-bond donors (Lipinski definition) is 2. The number of aromatic nitrogens is 5. The van der Waals surface area contributed by atoms with E-state index in [4.69, 9.17) is 14.0 Å². The van der Waals surface area contributed by atoms with Crippen molar-refractivity contribution in [1.82, 2.24) is 24.9 Å². The summed E-state index contributed by atoms with van der Waals surface area (Å²) in [6, 6.07) is 16.0. The summed E-state index contributed by atoms with van der Waals surface area (Å²) in [5.74, 6) is -1.09. The lowest BCUT2D eigenvalue weighted by Gasteiger charge is -2.18. The molecule has 0 bridgehead atoms. The number of halogens is 1. The zero-order chi connectivity index (χ0) is 28.4. The highest BCUT2D eigenvalue weighted by molar-refractivity contribution is 5.91. The predicted molar refractivity (Wildman–Crippen MR) is 141 cm³/mol. The van der Waals surface area contributed by atoms with E-state index < -0.39 is 23.4 Å². The molecule has 0 radical (unpaired) electrons. The van der Waals surface area contributed by atoms with Gasteiger partial charge in [0.2, 0.25) is 11.7 Å². The van der Waals surface area contributed by atoms with Crippen molar-refractivity contribution in [1.29, 1.82) is 0 Å². The largest absolute Gasteiger partial charge is 0.493 e. The molecule has 0 spiro atoms. The van der Waals surface area contributed by atoms with Gasteiger partial charge in [0.05, 0.1) is 31.4 Å². The molecule has 3 aromatic carbocycles. The van der Waals surface area contributed by atoms with Crippen molar-refractivity contribution in [2.45, 2.75) is 19.3 Å². The predicted octanol–water partition coefficient (Wildman–Crippen LogP) is 4.15. The molecule has 0 saturated heterocycles. The normalized spacial score (nSPS) is 11.8. The maximum absolute atomic E-state index is 15.5. The first-order valence-electron chi connectivity index (χ1n) is 12.1.